The Labute approximate surface area is 118 Å². The van der Waals surface area contributed by atoms with Crippen LogP contribution in [0.2, 0.25) is 0 Å². The van der Waals surface area contributed by atoms with Crippen molar-refractivity contribution in [2.75, 3.05) is 19.6 Å². The molecule has 1 heterocycles. The number of hydrogen-bond donors (Lipinski definition) is 1. The molecule has 20 heavy (non-hydrogen) atoms. The lowest BCUT2D eigenvalue weighted by molar-refractivity contribution is -0.137. The number of rotatable bonds is 2. The van der Waals surface area contributed by atoms with Crippen LogP contribution in [0.3, 0.4) is 0 Å². The Kier molecular flexibility index (Phi) is 4.12. The normalized spacial score (nSPS) is 21.7. The molecule has 0 aliphatic carbocycles. The molecule has 1 fully saturated rings. The van der Waals surface area contributed by atoms with Crippen molar-refractivity contribution in [3.63, 3.8) is 0 Å². The summed E-state index contributed by atoms with van der Waals surface area (Å²) in [4.78, 5) is 2.26. The van der Waals surface area contributed by atoms with E-state index in [2.05, 4.69) is 24.1 Å². The van der Waals surface area contributed by atoms with Crippen LogP contribution in [0.25, 0.3) is 0 Å². The largest absolute Gasteiger partial charge is 0.416 e. The van der Waals surface area contributed by atoms with E-state index in [9.17, 15) is 13.2 Å². The van der Waals surface area contributed by atoms with Gasteiger partial charge >= 0.3 is 6.18 Å². The Morgan fingerprint density at radius 3 is 2.60 bits per heavy atom. The highest BCUT2D eigenvalue weighted by atomic mass is 19.4. The van der Waals surface area contributed by atoms with Gasteiger partial charge in [0.15, 0.2) is 0 Å². The number of benzene rings is 1. The Bertz CT molecular complexity index is 468. The Morgan fingerprint density at radius 1 is 1.30 bits per heavy atom. The molecule has 5 heteroatoms. The van der Waals surface area contributed by atoms with E-state index in [0.717, 1.165) is 31.3 Å². The first kappa shape index (κ1) is 15.3. The molecular weight excluding hydrogens is 265 g/mol. The minimum atomic E-state index is -4.28. The highest BCUT2D eigenvalue weighted by Gasteiger charge is 2.35. The summed E-state index contributed by atoms with van der Waals surface area (Å²) in [6, 6.07) is 5.62. The molecule has 112 valence electrons. The van der Waals surface area contributed by atoms with Crippen molar-refractivity contribution in [2.24, 2.45) is 0 Å². The lowest BCUT2D eigenvalue weighted by Gasteiger charge is -2.46. The molecule has 0 spiro atoms. The summed E-state index contributed by atoms with van der Waals surface area (Å²) in [5.74, 6) is 0. The summed E-state index contributed by atoms with van der Waals surface area (Å²) < 4.78 is 38.4. The fourth-order valence-corrected chi connectivity index (χ4v) is 2.87. The van der Waals surface area contributed by atoms with Crippen LogP contribution in [0.4, 0.5) is 13.2 Å². The molecule has 0 amide bonds. The van der Waals surface area contributed by atoms with Crippen LogP contribution < -0.4 is 5.32 Å². The summed E-state index contributed by atoms with van der Waals surface area (Å²) in [6.45, 7) is 8.75. The van der Waals surface area contributed by atoms with E-state index in [0.29, 0.717) is 0 Å². The fraction of sp³-hybridized carbons (Fsp3) is 0.600. The van der Waals surface area contributed by atoms with Gasteiger partial charge < -0.3 is 5.32 Å². The van der Waals surface area contributed by atoms with Crippen molar-refractivity contribution < 1.29 is 13.2 Å². The van der Waals surface area contributed by atoms with E-state index in [-0.39, 0.29) is 11.6 Å². The Hall–Kier alpha value is -1.07. The molecule has 1 saturated heterocycles. The molecule has 1 atom stereocenters. The molecule has 1 aliphatic heterocycles. The molecular formula is C15H21F3N2. The summed E-state index contributed by atoms with van der Waals surface area (Å²) in [6.07, 6.45) is -4.28. The lowest BCUT2D eigenvalue weighted by Crippen LogP contribution is -2.58. The number of halogens is 3. The molecule has 1 aromatic rings. The number of nitrogens with zero attached hydrogens (tertiary/aromatic N) is 1. The van der Waals surface area contributed by atoms with Gasteiger partial charge in [-0.3, -0.25) is 4.90 Å². The van der Waals surface area contributed by atoms with Gasteiger partial charge in [-0.1, -0.05) is 12.1 Å². The van der Waals surface area contributed by atoms with Gasteiger partial charge in [0.25, 0.3) is 0 Å². The summed E-state index contributed by atoms with van der Waals surface area (Å²) in [5.41, 5.74) is 0.0796. The third-order valence-corrected chi connectivity index (χ3v) is 4.03. The van der Waals surface area contributed by atoms with Crippen LogP contribution >= 0.6 is 0 Å². The van der Waals surface area contributed by atoms with Crippen LogP contribution in [0.5, 0.6) is 0 Å². The third-order valence-electron chi connectivity index (χ3n) is 4.03. The predicted octanol–water partition coefficient (Wildman–Crippen LogP) is 3.45. The van der Waals surface area contributed by atoms with Crippen molar-refractivity contribution >= 4 is 0 Å². The third kappa shape index (κ3) is 3.15. The lowest BCUT2D eigenvalue weighted by atomic mass is 9.94. The summed E-state index contributed by atoms with van der Waals surface area (Å²) in [5, 5.41) is 3.33. The van der Waals surface area contributed by atoms with Gasteiger partial charge in [0.1, 0.15) is 0 Å². The van der Waals surface area contributed by atoms with Gasteiger partial charge in [-0.25, -0.2) is 0 Å². The van der Waals surface area contributed by atoms with E-state index in [1.54, 1.807) is 6.07 Å². The molecule has 0 radical (unpaired) electrons. The van der Waals surface area contributed by atoms with Crippen LogP contribution in [0.15, 0.2) is 24.3 Å². The van der Waals surface area contributed by atoms with Crippen molar-refractivity contribution in [1.29, 1.82) is 0 Å². The Balaban J connectivity index is 2.27. The van der Waals surface area contributed by atoms with Crippen LogP contribution in [-0.2, 0) is 6.18 Å². The second kappa shape index (κ2) is 5.37. The molecule has 1 N–H and O–H groups in total. The topological polar surface area (TPSA) is 15.3 Å². The van der Waals surface area contributed by atoms with Crippen LogP contribution in [0.1, 0.15) is 37.9 Å². The standard InChI is InChI=1S/C15H21F3N2/c1-11(20-8-7-19-10-14(20,2)3)12-5-4-6-13(9-12)15(16,17)18/h4-6,9,11,19H,7-8,10H2,1-3H3. The molecule has 0 saturated carbocycles. The summed E-state index contributed by atoms with van der Waals surface area (Å²) in [7, 11) is 0. The van der Waals surface area contributed by atoms with Gasteiger partial charge in [-0.2, -0.15) is 13.2 Å². The maximum Gasteiger partial charge on any atom is 0.416 e. The van der Waals surface area contributed by atoms with E-state index in [4.69, 9.17) is 0 Å². The molecule has 0 aromatic heterocycles. The average molecular weight is 286 g/mol. The zero-order chi connectivity index (χ0) is 15.0. The zero-order valence-corrected chi connectivity index (χ0v) is 12.1. The van der Waals surface area contributed by atoms with Gasteiger partial charge in [0, 0.05) is 31.2 Å². The van der Waals surface area contributed by atoms with Crippen LogP contribution in [0, 0.1) is 0 Å². The first-order valence-electron chi connectivity index (χ1n) is 6.86. The van der Waals surface area contributed by atoms with Crippen LogP contribution in [-0.4, -0.2) is 30.1 Å². The number of piperazine rings is 1. The van der Waals surface area contributed by atoms with E-state index in [1.807, 2.05) is 6.92 Å². The van der Waals surface area contributed by atoms with Crippen molar-refractivity contribution in [3.05, 3.63) is 35.4 Å². The monoisotopic (exact) mass is 286 g/mol. The van der Waals surface area contributed by atoms with E-state index >= 15 is 0 Å². The molecule has 1 unspecified atom stereocenters. The summed E-state index contributed by atoms with van der Waals surface area (Å²) >= 11 is 0. The molecule has 1 aliphatic rings. The average Bonchev–Trinajstić information content (AvgIpc) is 2.37. The fourth-order valence-electron chi connectivity index (χ4n) is 2.87. The van der Waals surface area contributed by atoms with E-state index in [1.165, 1.54) is 12.1 Å². The minimum Gasteiger partial charge on any atom is -0.314 e. The van der Waals surface area contributed by atoms with Crippen molar-refractivity contribution in [2.45, 2.75) is 38.5 Å². The first-order chi connectivity index (χ1) is 9.22. The van der Waals surface area contributed by atoms with Gasteiger partial charge in [-0.05, 0) is 38.5 Å². The molecule has 2 rings (SSSR count). The predicted molar refractivity (Wildman–Crippen MR) is 73.5 cm³/mol. The zero-order valence-electron chi connectivity index (χ0n) is 12.1. The number of nitrogens with one attached hydrogen (secondary N) is 1. The minimum absolute atomic E-state index is 0.0330. The van der Waals surface area contributed by atoms with E-state index < -0.39 is 11.7 Å². The number of alkyl halides is 3. The highest BCUT2D eigenvalue weighted by Crippen LogP contribution is 2.34. The second-order valence-electron chi connectivity index (χ2n) is 5.98. The van der Waals surface area contributed by atoms with Gasteiger partial charge in [0.05, 0.1) is 5.56 Å². The molecule has 2 nitrogen and oxygen atoms in total. The number of hydrogen-bond acceptors (Lipinski definition) is 2. The van der Waals surface area contributed by atoms with Crippen molar-refractivity contribution in [3.8, 4) is 0 Å². The molecule has 1 aromatic carbocycles. The maximum absolute atomic E-state index is 12.8. The molecule has 0 bridgehead atoms. The second-order valence-corrected chi connectivity index (χ2v) is 5.98. The Morgan fingerprint density at radius 2 is 2.00 bits per heavy atom. The quantitative estimate of drug-likeness (QED) is 0.896. The van der Waals surface area contributed by atoms with Crippen molar-refractivity contribution in [1.82, 2.24) is 10.2 Å². The SMILES string of the molecule is CC(c1cccc(C(F)(F)F)c1)N1CCNCC1(C)C. The van der Waals surface area contributed by atoms with Gasteiger partial charge in [0.2, 0.25) is 0 Å². The maximum atomic E-state index is 12.8. The smallest absolute Gasteiger partial charge is 0.314 e. The van der Waals surface area contributed by atoms with Gasteiger partial charge in [-0.15, -0.1) is 0 Å². The highest BCUT2D eigenvalue weighted by molar-refractivity contribution is 5.28. The first-order valence-corrected chi connectivity index (χ1v) is 6.86.